The molecule has 0 radical (unpaired) electrons. The van der Waals surface area contributed by atoms with Crippen LogP contribution in [0.2, 0.25) is 0 Å². The molecule has 0 saturated carbocycles. The van der Waals surface area contributed by atoms with E-state index >= 15 is 0 Å². The van der Waals surface area contributed by atoms with Gasteiger partial charge in [0.15, 0.2) is 0 Å². The molecule has 3 N–H and O–H groups in total. The fourth-order valence-electron chi connectivity index (χ4n) is 3.04. The van der Waals surface area contributed by atoms with Crippen LogP contribution in [0.3, 0.4) is 0 Å². The van der Waals surface area contributed by atoms with E-state index in [0.717, 1.165) is 23.7 Å². The summed E-state index contributed by atoms with van der Waals surface area (Å²) in [5.74, 6) is 0.204. The second-order valence-electron chi connectivity index (χ2n) is 5.65. The molecule has 0 spiro atoms. The molecular weight excluding hydrogens is 308 g/mol. The van der Waals surface area contributed by atoms with Gasteiger partial charge in [-0.1, -0.05) is 6.07 Å². The van der Waals surface area contributed by atoms with E-state index in [0.29, 0.717) is 25.9 Å². The molecule has 1 amide bonds. The van der Waals surface area contributed by atoms with E-state index in [2.05, 4.69) is 10.3 Å². The SMILES string of the molecule is CNc1sc2c(c1CN)CCN(C(=O)CCc1ccccn1)C2. The van der Waals surface area contributed by atoms with Crippen molar-refractivity contribution in [2.45, 2.75) is 32.4 Å². The van der Waals surface area contributed by atoms with Gasteiger partial charge in [0.25, 0.3) is 0 Å². The minimum Gasteiger partial charge on any atom is -0.380 e. The number of hydrogen-bond donors (Lipinski definition) is 2. The van der Waals surface area contributed by atoms with E-state index in [1.54, 1.807) is 17.5 Å². The van der Waals surface area contributed by atoms with Crippen LogP contribution in [-0.2, 0) is 30.7 Å². The third-order valence-corrected chi connectivity index (χ3v) is 5.55. The predicted molar refractivity (Wildman–Crippen MR) is 93.4 cm³/mol. The van der Waals surface area contributed by atoms with Crippen molar-refractivity contribution in [1.29, 1.82) is 0 Å². The summed E-state index contributed by atoms with van der Waals surface area (Å²) in [6, 6.07) is 5.81. The lowest BCUT2D eigenvalue weighted by molar-refractivity contribution is -0.132. The van der Waals surface area contributed by atoms with E-state index < -0.39 is 0 Å². The summed E-state index contributed by atoms with van der Waals surface area (Å²) in [5, 5.41) is 4.36. The number of fused-ring (bicyclic) bond motifs is 1. The van der Waals surface area contributed by atoms with E-state index in [1.165, 1.54) is 16.0 Å². The highest BCUT2D eigenvalue weighted by Gasteiger charge is 2.25. The second-order valence-corrected chi connectivity index (χ2v) is 6.76. The van der Waals surface area contributed by atoms with Gasteiger partial charge >= 0.3 is 0 Å². The molecule has 5 nitrogen and oxygen atoms in total. The minimum atomic E-state index is 0.204. The molecule has 2 aromatic heterocycles. The summed E-state index contributed by atoms with van der Waals surface area (Å²) in [5.41, 5.74) is 9.41. The summed E-state index contributed by atoms with van der Waals surface area (Å²) in [6.45, 7) is 2.03. The Morgan fingerprint density at radius 2 is 2.35 bits per heavy atom. The van der Waals surface area contributed by atoms with Crippen molar-refractivity contribution in [2.24, 2.45) is 5.73 Å². The number of hydrogen-bond acceptors (Lipinski definition) is 5. The summed E-state index contributed by atoms with van der Waals surface area (Å²) < 4.78 is 0. The fourth-order valence-corrected chi connectivity index (χ4v) is 4.29. The van der Waals surface area contributed by atoms with Crippen LogP contribution < -0.4 is 11.1 Å². The van der Waals surface area contributed by atoms with Gasteiger partial charge in [-0.2, -0.15) is 0 Å². The number of nitrogens with one attached hydrogen (secondary N) is 1. The molecule has 1 aliphatic heterocycles. The molecular formula is C17H22N4OS. The number of thiophene rings is 1. The molecule has 0 atom stereocenters. The van der Waals surface area contributed by atoms with Crippen molar-refractivity contribution in [2.75, 3.05) is 18.9 Å². The lowest BCUT2D eigenvalue weighted by Crippen LogP contribution is -2.35. The highest BCUT2D eigenvalue weighted by Crippen LogP contribution is 2.36. The molecule has 3 heterocycles. The second kappa shape index (κ2) is 7.10. The number of rotatable bonds is 5. The number of pyridine rings is 1. The van der Waals surface area contributed by atoms with Gasteiger partial charge in [-0.05, 0) is 30.5 Å². The molecule has 0 saturated heterocycles. The maximum atomic E-state index is 12.5. The fraction of sp³-hybridized carbons (Fsp3) is 0.412. The van der Waals surface area contributed by atoms with Gasteiger partial charge in [-0.15, -0.1) is 11.3 Å². The average molecular weight is 330 g/mol. The van der Waals surface area contributed by atoms with Gasteiger partial charge in [0.05, 0.1) is 11.5 Å². The molecule has 1 aliphatic rings. The molecule has 0 bridgehead atoms. The van der Waals surface area contributed by atoms with Crippen LogP contribution in [0.5, 0.6) is 0 Å². The maximum Gasteiger partial charge on any atom is 0.223 e. The third kappa shape index (κ3) is 3.38. The van der Waals surface area contributed by atoms with Crippen LogP contribution in [0, 0.1) is 0 Å². The van der Waals surface area contributed by atoms with E-state index in [4.69, 9.17) is 5.73 Å². The van der Waals surface area contributed by atoms with Crippen molar-refractivity contribution >= 4 is 22.2 Å². The Hall–Kier alpha value is -1.92. The third-order valence-electron chi connectivity index (χ3n) is 4.27. The van der Waals surface area contributed by atoms with Crippen molar-refractivity contribution < 1.29 is 4.79 Å². The van der Waals surface area contributed by atoms with Crippen LogP contribution in [0.25, 0.3) is 0 Å². The van der Waals surface area contributed by atoms with Gasteiger partial charge < -0.3 is 16.0 Å². The Bertz CT molecular complexity index is 683. The van der Waals surface area contributed by atoms with Crippen LogP contribution >= 0.6 is 11.3 Å². The van der Waals surface area contributed by atoms with Gasteiger partial charge in [-0.3, -0.25) is 9.78 Å². The van der Waals surface area contributed by atoms with Gasteiger partial charge in [0, 0.05) is 48.9 Å². The number of nitrogens with two attached hydrogens (primary N) is 1. The molecule has 2 aromatic rings. The smallest absolute Gasteiger partial charge is 0.223 e. The number of aromatic nitrogens is 1. The number of carbonyl (C=O) groups is 1. The zero-order chi connectivity index (χ0) is 16.2. The Morgan fingerprint density at radius 3 is 3.04 bits per heavy atom. The zero-order valence-corrected chi connectivity index (χ0v) is 14.2. The Labute approximate surface area is 140 Å². The summed E-state index contributed by atoms with van der Waals surface area (Å²) >= 11 is 1.72. The maximum absolute atomic E-state index is 12.5. The molecule has 0 aliphatic carbocycles. The van der Waals surface area contributed by atoms with E-state index in [1.807, 2.05) is 30.1 Å². The van der Waals surface area contributed by atoms with Crippen molar-refractivity contribution in [3.63, 3.8) is 0 Å². The van der Waals surface area contributed by atoms with Crippen molar-refractivity contribution in [3.8, 4) is 0 Å². The molecule has 3 rings (SSSR count). The standard InChI is InChI=1S/C17H22N4OS/c1-19-17-14(10-18)13-7-9-21(11-15(13)23-17)16(22)6-5-12-4-2-3-8-20-12/h2-4,8,19H,5-7,9-11,18H2,1H3. The Balaban J connectivity index is 1.65. The zero-order valence-electron chi connectivity index (χ0n) is 13.3. The van der Waals surface area contributed by atoms with Crippen LogP contribution in [0.4, 0.5) is 5.00 Å². The number of amides is 1. The largest absolute Gasteiger partial charge is 0.380 e. The molecule has 0 aromatic carbocycles. The summed E-state index contributed by atoms with van der Waals surface area (Å²) in [7, 11) is 1.92. The van der Waals surface area contributed by atoms with Crippen molar-refractivity contribution in [3.05, 3.63) is 46.1 Å². The molecule has 122 valence electrons. The van der Waals surface area contributed by atoms with E-state index in [-0.39, 0.29) is 5.91 Å². The first kappa shape index (κ1) is 16.0. The molecule has 23 heavy (non-hydrogen) atoms. The van der Waals surface area contributed by atoms with Gasteiger partial charge in [0.1, 0.15) is 0 Å². The van der Waals surface area contributed by atoms with E-state index in [9.17, 15) is 4.79 Å². The Kier molecular flexibility index (Phi) is 4.93. The van der Waals surface area contributed by atoms with Crippen LogP contribution in [-0.4, -0.2) is 29.4 Å². The molecule has 0 fully saturated rings. The quantitative estimate of drug-likeness (QED) is 0.881. The first-order valence-corrected chi connectivity index (χ1v) is 8.73. The highest BCUT2D eigenvalue weighted by molar-refractivity contribution is 7.16. The summed E-state index contributed by atoms with van der Waals surface area (Å²) in [6.07, 6.45) is 3.88. The Morgan fingerprint density at radius 1 is 1.48 bits per heavy atom. The highest BCUT2D eigenvalue weighted by atomic mass is 32.1. The van der Waals surface area contributed by atoms with Gasteiger partial charge in [0.2, 0.25) is 5.91 Å². The van der Waals surface area contributed by atoms with Crippen LogP contribution in [0.1, 0.15) is 28.1 Å². The lowest BCUT2D eigenvalue weighted by atomic mass is 10.0. The topological polar surface area (TPSA) is 71.2 Å². The summed E-state index contributed by atoms with van der Waals surface area (Å²) in [4.78, 5) is 20.0. The minimum absolute atomic E-state index is 0.204. The predicted octanol–water partition coefficient (Wildman–Crippen LogP) is 2.16. The number of carbonyl (C=O) groups excluding carboxylic acids is 1. The number of anilines is 1. The monoisotopic (exact) mass is 330 g/mol. The first-order chi connectivity index (χ1) is 11.2. The van der Waals surface area contributed by atoms with Crippen LogP contribution in [0.15, 0.2) is 24.4 Å². The number of nitrogens with zero attached hydrogens (tertiary/aromatic N) is 2. The first-order valence-electron chi connectivity index (χ1n) is 7.91. The van der Waals surface area contributed by atoms with Gasteiger partial charge in [-0.25, -0.2) is 0 Å². The average Bonchev–Trinajstić information content (AvgIpc) is 2.97. The lowest BCUT2D eigenvalue weighted by Gasteiger charge is -2.27. The molecule has 0 unspecified atom stereocenters. The normalized spacial score (nSPS) is 13.7. The molecule has 6 heteroatoms. The number of aryl methyl sites for hydroxylation is 1. The van der Waals surface area contributed by atoms with Crippen molar-refractivity contribution in [1.82, 2.24) is 9.88 Å².